The predicted molar refractivity (Wildman–Crippen MR) is 83.1 cm³/mol. The number of thiocarbonyl (C=S) groups is 1. The van der Waals surface area contributed by atoms with Crippen LogP contribution >= 0.6 is 12.2 Å². The first-order valence-electron chi connectivity index (χ1n) is 6.58. The summed E-state index contributed by atoms with van der Waals surface area (Å²) in [5.41, 5.74) is 8.80. The monoisotopic (exact) mass is 297 g/mol. The zero-order chi connectivity index (χ0) is 14.8. The first-order chi connectivity index (χ1) is 9.63. The van der Waals surface area contributed by atoms with Gasteiger partial charge in [-0.3, -0.25) is 5.43 Å². The lowest BCUT2D eigenvalue weighted by atomic mass is 10.1. The quantitative estimate of drug-likeness (QED) is 0.335. The van der Waals surface area contributed by atoms with Gasteiger partial charge in [-0.25, -0.2) is 4.39 Å². The largest absolute Gasteiger partial charge is 0.377 e. The Balaban J connectivity index is 2.46. The van der Waals surface area contributed by atoms with Crippen molar-refractivity contribution in [2.24, 2.45) is 10.8 Å². The van der Waals surface area contributed by atoms with Gasteiger partial charge >= 0.3 is 0 Å². The molecular weight excluding hydrogens is 277 g/mol. The maximum Gasteiger partial charge on any atom is 0.184 e. The molecule has 0 radical (unpaired) electrons. The lowest BCUT2D eigenvalue weighted by Crippen LogP contribution is -2.24. The molecule has 0 unspecified atom stereocenters. The zero-order valence-electron chi connectivity index (χ0n) is 11.6. The molecule has 0 bridgehead atoms. The van der Waals surface area contributed by atoms with Gasteiger partial charge in [0.05, 0.1) is 12.8 Å². The molecule has 4 nitrogen and oxygen atoms in total. The Morgan fingerprint density at radius 1 is 1.50 bits per heavy atom. The lowest BCUT2D eigenvalue weighted by molar-refractivity contribution is 0.115. The van der Waals surface area contributed by atoms with E-state index in [1.165, 1.54) is 12.3 Å². The van der Waals surface area contributed by atoms with E-state index in [9.17, 15) is 4.39 Å². The molecule has 1 aromatic carbocycles. The van der Waals surface area contributed by atoms with Crippen LogP contribution in [0.1, 0.15) is 37.3 Å². The summed E-state index contributed by atoms with van der Waals surface area (Å²) < 4.78 is 19.2. The normalized spacial score (nSPS) is 10.9. The van der Waals surface area contributed by atoms with Crippen LogP contribution in [0.2, 0.25) is 0 Å². The first kappa shape index (κ1) is 16.5. The van der Waals surface area contributed by atoms with Gasteiger partial charge < -0.3 is 10.5 Å². The van der Waals surface area contributed by atoms with Crippen molar-refractivity contribution in [3.8, 4) is 0 Å². The molecule has 0 saturated carbocycles. The van der Waals surface area contributed by atoms with Gasteiger partial charge in [-0.2, -0.15) is 5.10 Å². The SMILES string of the molecule is CCCCCOCc1ccc(C=NNC(N)=S)cc1F. The van der Waals surface area contributed by atoms with Crippen LogP contribution in [-0.4, -0.2) is 17.9 Å². The number of nitrogens with zero attached hydrogens (tertiary/aromatic N) is 1. The van der Waals surface area contributed by atoms with Crippen LogP contribution in [0.25, 0.3) is 0 Å². The minimum Gasteiger partial charge on any atom is -0.377 e. The summed E-state index contributed by atoms with van der Waals surface area (Å²) in [5, 5.41) is 3.84. The molecule has 0 fully saturated rings. The highest BCUT2D eigenvalue weighted by atomic mass is 32.1. The minimum atomic E-state index is -0.306. The summed E-state index contributed by atoms with van der Waals surface area (Å²) in [7, 11) is 0. The van der Waals surface area contributed by atoms with Crippen molar-refractivity contribution in [2.45, 2.75) is 32.8 Å². The van der Waals surface area contributed by atoms with Crippen LogP contribution in [-0.2, 0) is 11.3 Å². The fourth-order valence-corrected chi connectivity index (χ4v) is 1.62. The molecular formula is C14H20FN3OS. The van der Waals surface area contributed by atoms with Crippen molar-refractivity contribution in [3.63, 3.8) is 0 Å². The number of benzene rings is 1. The number of nitrogens with one attached hydrogen (secondary N) is 1. The fourth-order valence-electron chi connectivity index (χ4n) is 1.57. The molecule has 0 aliphatic carbocycles. The summed E-state index contributed by atoms with van der Waals surface area (Å²) in [6.45, 7) is 3.08. The molecule has 0 aliphatic rings. The molecule has 1 rings (SSSR count). The van der Waals surface area contributed by atoms with Gasteiger partial charge in [0, 0.05) is 12.2 Å². The summed E-state index contributed by atoms with van der Waals surface area (Å²) >= 11 is 4.60. The summed E-state index contributed by atoms with van der Waals surface area (Å²) in [6, 6.07) is 4.85. The third-order valence-electron chi connectivity index (χ3n) is 2.62. The number of ether oxygens (including phenoxy) is 1. The highest BCUT2D eigenvalue weighted by Crippen LogP contribution is 2.11. The number of rotatable bonds is 8. The Kier molecular flexibility index (Phi) is 7.75. The Morgan fingerprint density at radius 2 is 2.30 bits per heavy atom. The van der Waals surface area contributed by atoms with Crippen molar-refractivity contribution in [1.82, 2.24) is 5.43 Å². The van der Waals surface area contributed by atoms with E-state index < -0.39 is 0 Å². The van der Waals surface area contributed by atoms with E-state index >= 15 is 0 Å². The maximum absolute atomic E-state index is 13.8. The average molecular weight is 297 g/mol. The van der Waals surface area contributed by atoms with E-state index in [1.807, 2.05) is 0 Å². The molecule has 0 aliphatic heterocycles. The first-order valence-corrected chi connectivity index (χ1v) is 6.99. The van der Waals surface area contributed by atoms with E-state index in [2.05, 4.69) is 29.7 Å². The van der Waals surface area contributed by atoms with Gasteiger partial charge in [0.15, 0.2) is 5.11 Å². The molecule has 110 valence electrons. The molecule has 20 heavy (non-hydrogen) atoms. The summed E-state index contributed by atoms with van der Waals surface area (Å²) in [5.74, 6) is -0.306. The van der Waals surface area contributed by atoms with Crippen molar-refractivity contribution in [3.05, 3.63) is 35.1 Å². The fraction of sp³-hybridized carbons (Fsp3) is 0.429. The van der Waals surface area contributed by atoms with Gasteiger partial charge in [-0.1, -0.05) is 31.9 Å². The number of nitrogens with two attached hydrogens (primary N) is 1. The third-order valence-corrected chi connectivity index (χ3v) is 2.71. The van der Waals surface area contributed by atoms with Crippen molar-refractivity contribution in [1.29, 1.82) is 0 Å². The smallest absolute Gasteiger partial charge is 0.184 e. The molecule has 0 heterocycles. The van der Waals surface area contributed by atoms with Gasteiger partial charge in [0.25, 0.3) is 0 Å². The number of halogens is 1. The number of hydrazone groups is 1. The van der Waals surface area contributed by atoms with Crippen molar-refractivity contribution in [2.75, 3.05) is 6.61 Å². The van der Waals surface area contributed by atoms with E-state index in [0.717, 1.165) is 19.3 Å². The average Bonchev–Trinajstić information content (AvgIpc) is 2.40. The van der Waals surface area contributed by atoms with E-state index in [1.54, 1.807) is 12.1 Å². The Morgan fingerprint density at radius 3 is 2.95 bits per heavy atom. The maximum atomic E-state index is 13.8. The Bertz CT molecular complexity index is 466. The summed E-state index contributed by atoms with van der Waals surface area (Å²) in [4.78, 5) is 0. The topological polar surface area (TPSA) is 59.6 Å². The zero-order valence-corrected chi connectivity index (χ0v) is 12.4. The molecule has 1 aromatic rings. The highest BCUT2D eigenvalue weighted by molar-refractivity contribution is 7.80. The van der Waals surface area contributed by atoms with Crippen molar-refractivity contribution >= 4 is 23.5 Å². The molecule has 0 amide bonds. The summed E-state index contributed by atoms with van der Waals surface area (Å²) in [6.07, 6.45) is 4.74. The van der Waals surface area contributed by atoms with E-state index in [-0.39, 0.29) is 17.5 Å². The van der Waals surface area contributed by atoms with Crippen molar-refractivity contribution < 1.29 is 9.13 Å². The molecule has 0 aromatic heterocycles. The number of unbranched alkanes of at least 4 members (excludes halogenated alkanes) is 2. The highest BCUT2D eigenvalue weighted by Gasteiger charge is 2.03. The Labute approximate surface area is 124 Å². The molecule has 0 saturated heterocycles. The van der Waals surface area contributed by atoms with E-state index in [0.29, 0.717) is 17.7 Å². The van der Waals surface area contributed by atoms with Crippen LogP contribution in [0.3, 0.4) is 0 Å². The molecule has 0 spiro atoms. The lowest BCUT2D eigenvalue weighted by Gasteiger charge is -2.06. The Hall–Kier alpha value is -1.53. The van der Waals surface area contributed by atoms with Gasteiger partial charge in [-0.15, -0.1) is 0 Å². The van der Waals surface area contributed by atoms with Gasteiger partial charge in [0.2, 0.25) is 0 Å². The second-order valence-corrected chi connectivity index (χ2v) is 4.78. The second kappa shape index (κ2) is 9.39. The van der Waals surface area contributed by atoms with Crippen LogP contribution in [0.4, 0.5) is 4.39 Å². The minimum absolute atomic E-state index is 0.0684. The van der Waals surface area contributed by atoms with E-state index in [4.69, 9.17) is 10.5 Å². The molecule has 0 atom stereocenters. The van der Waals surface area contributed by atoms with Crippen LogP contribution in [0, 0.1) is 5.82 Å². The third kappa shape index (κ3) is 6.58. The molecule has 3 N–H and O–H groups in total. The number of hydrogen-bond donors (Lipinski definition) is 2. The van der Waals surface area contributed by atoms with Crippen LogP contribution < -0.4 is 11.2 Å². The predicted octanol–water partition coefficient (Wildman–Crippen LogP) is 2.70. The standard InChI is InChI=1S/C14H20FN3OS/c1-2-3-4-7-19-10-12-6-5-11(8-13(12)15)9-17-18-14(16)20/h5-6,8-9H,2-4,7,10H2,1H3,(H3,16,18,20). The molecule has 6 heteroatoms. The number of hydrogen-bond acceptors (Lipinski definition) is 3. The van der Waals surface area contributed by atoms with Crippen LogP contribution in [0.5, 0.6) is 0 Å². The van der Waals surface area contributed by atoms with Crippen LogP contribution in [0.15, 0.2) is 23.3 Å². The van der Waals surface area contributed by atoms with Gasteiger partial charge in [-0.05, 0) is 30.3 Å². The van der Waals surface area contributed by atoms with Gasteiger partial charge in [0.1, 0.15) is 5.82 Å². The second-order valence-electron chi connectivity index (χ2n) is 4.34.